The molecule has 0 saturated carbocycles. The summed E-state index contributed by atoms with van der Waals surface area (Å²) in [7, 11) is 1.59. The monoisotopic (exact) mass is 474 g/mol. The molecule has 4 rings (SSSR count). The summed E-state index contributed by atoms with van der Waals surface area (Å²) in [5.41, 5.74) is 2.85. The van der Waals surface area contributed by atoms with Gasteiger partial charge < -0.3 is 14.8 Å². The van der Waals surface area contributed by atoms with Gasteiger partial charge in [-0.15, -0.1) is 10.2 Å². The number of anilines is 1. The highest BCUT2D eigenvalue weighted by Crippen LogP contribution is 2.23. The van der Waals surface area contributed by atoms with E-state index in [2.05, 4.69) is 27.6 Å². The average Bonchev–Trinajstić information content (AvgIpc) is 3.24. The van der Waals surface area contributed by atoms with Crippen LogP contribution in [0.15, 0.2) is 84.0 Å². The van der Waals surface area contributed by atoms with Crippen LogP contribution in [0.5, 0.6) is 11.5 Å². The summed E-state index contributed by atoms with van der Waals surface area (Å²) in [5, 5.41) is 12.3. The molecule has 0 bridgehead atoms. The number of rotatable bonds is 10. The number of methoxy groups -OCH3 is 1. The van der Waals surface area contributed by atoms with Gasteiger partial charge in [-0.1, -0.05) is 66.4 Å². The van der Waals surface area contributed by atoms with Crippen molar-refractivity contribution in [3.63, 3.8) is 0 Å². The van der Waals surface area contributed by atoms with Crippen molar-refractivity contribution in [1.29, 1.82) is 0 Å². The van der Waals surface area contributed by atoms with Crippen molar-refractivity contribution in [2.24, 2.45) is 0 Å². The Bertz CT molecular complexity index is 1240. The number of aryl methyl sites for hydroxylation is 1. The van der Waals surface area contributed by atoms with Crippen LogP contribution in [0, 0.1) is 6.92 Å². The van der Waals surface area contributed by atoms with Gasteiger partial charge in [0.15, 0.2) is 11.0 Å². The van der Waals surface area contributed by atoms with Gasteiger partial charge in [-0.25, -0.2) is 0 Å². The first-order valence-electron chi connectivity index (χ1n) is 10.8. The Labute approximate surface area is 203 Å². The van der Waals surface area contributed by atoms with Crippen LogP contribution in [0.1, 0.15) is 17.0 Å². The summed E-state index contributed by atoms with van der Waals surface area (Å²) in [6.07, 6.45) is 0. The highest BCUT2D eigenvalue weighted by Gasteiger charge is 2.16. The minimum absolute atomic E-state index is 0.134. The molecular weight excluding hydrogens is 448 g/mol. The number of para-hydroxylation sites is 1. The van der Waals surface area contributed by atoms with E-state index in [9.17, 15) is 4.79 Å². The molecule has 0 unspecified atom stereocenters. The van der Waals surface area contributed by atoms with Crippen LogP contribution in [0.3, 0.4) is 0 Å². The summed E-state index contributed by atoms with van der Waals surface area (Å²) in [6.45, 7) is 2.87. The number of aromatic nitrogens is 3. The summed E-state index contributed by atoms with van der Waals surface area (Å²) < 4.78 is 13.2. The quantitative estimate of drug-likeness (QED) is 0.328. The molecular formula is C26H26N4O3S. The summed E-state index contributed by atoms with van der Waals surface area (Å²) in [5.74, 6) is 2.26. The Kier molecular flexibility index (Phi) is 7.83. The van der Waals surface area contributed by atoms with Crippen LogP contribution < -0.4 is 14.8 Å². The topological polar surface area (TPSA) is 78.3 Å². The van der Waals surface area contributed by atoms with Gasteiger partial charge >= 0.3 is 0 Å². The number of hydrogen-bond acceptors (Lipinski definition) is 6. The van der Waals surface area contributed by atoms with Gasteiger partial charge in [0.1, 0.15) is 18.1 Å². The van der Waals surface area contributed by atoms with Gasteiger partial charge in [0.2, 0.25) is 5.91 Å². The van der Waals surface area contributed by atoms with Crippen molar-refractivity contribution >= 4 is 23.4 Å². The minimum atomic E-state index is -0.134. The lowest BCUT2D eigenvalue weighted by Gasteiger charge is -2.12. The first kappa shape index (κ1) is 23.4. The van der Waals surface area contributed by atoms with Gasteiger partial charge in [-0.05, 0) is 36.2 Å². The fourth-order valence-corrected chi connectivity index (χ4v) is 4.10. The molecule has 0 aliphatic rings. The van der Waals surface area contributed by atoms with E-state index in [0.717, 1.165) is 16.9 Å². The lowest BCUT2D eigenvalue weighted by molar-refractivity contribution is -0.113. The number of nitrogens with zero attached hydrogens (tertiary/aromatic N) is 3. The van der Waals surface area contributed by atoms with Gasteiger partial charge in [0.05, 0.1) is 19.4 Å². The number of thioether (sulfide) groups is 1. The fraction of sp³-hybridized carbons (Fsp3) is 0.192. The molecule has 7 nitrogen and oxygen atoms in total. The number of ether oxygens (including phenoxy) is 2. The van der Waals surface area contributed by atoms with E-state index in [-0.39, 0.29) is 18.3 Å². The van der Waals surface area contributed by atoms with Crippen molar-refractivity contribution in [3.05, 3.63) is 95.8 Å². The maximum Gasteiger partial charge on any atom is 0.234 e. The number of carbonyl (C=O) groups excluding carboxylic acids is 1. The lowest BCUT2D eigenvalue weighted by atomic mass is 10.2. The van der Waals surface area contributed by atoms with Gasteiger partial charge in [-0.3, -0.25) is 9.36 Å². The zero-order valence-corrected chi connectivity index (χ0v) is 19.9. The number of amides is 1. The molecule has 0 spiro atoms. The highest BCUT2D eigenvalue weighted by atomic mass is 32.2. The molecule has 0 aliphatic heterocycles. The SMILES string of the molecule is COc1cccc(NC(=O)CSc2nnc(COc3ccccc3C)n2Cc2ccccc2)c1. The van der Waals surface area contributed by atoms with E-state index in [1.54, 1.807) is 13.2 Å². The maximum atomic E-state index is 12.6. The highest BCUT2D eigenvalue weighted by molar-refractivity contribution is 7.99. The number of nitrogens with one attached hydrogen (secondary N) is 1. The molecule has 0 radical (unpaired) electrons. The van der Waals surface area contributed by atoms with Crippen LogP contribution in [-0.2, 0) is 17.9 Å². The van der Waals surface area contributed by atoms with E-state index in [1.165, 1.54) is 11.8 Å². The van der Waals surface area contributed by atoms with Crippen LogP contribution in [0.25, 0.3) is 0 Å². The molecule has 4 aromatic rings. The lowest BCUT2D eigenvalue weighted by Crippen LogP contribution is -2.15. The Morgan fingerprint density at radius 3 is 2.59 bits per heavy atom. The van der Waals surface area contributed by atoms with Gasteiger partial charge in [0, 0.05) is 11.8 Å². The van der Waals surface area contributed by atoms with Crippen LogP contribution in [0.2, 0.25) is 0 Å². The Balaban J connectivity index is 1.47. The normalized spacial score (nSPS) is 10.6. The van der Waals surface area contributed by atoms with Crippen molar-refractivity contribution < 1.29 is 14.3 Å². The molecule has 1 aromatic heterocycles. The molecule has 0 aliphatic carbocycles. The second-order valence-corrected chi connectivity index (χ2v) is 8.54. The first-order chi connectivity index (χ1) is 16.6. The van der Waals surface area contributed by atoms with E-state index in [4.69, 9.17) is 9.47 Å². The Morgan fingerprint density at radius 2 is 1.79 bits per heavy atom. The molecule has 3 aromatic carbocycles. The van der Waals surface area contributed by atoms with E-state index in [0.29, 0.717) is 29.0 Å². The minimum Gasteiger partial charge on any atom is -0.497 e. The average molecular weight is 475 g/mol. The number of benzene rings is 3. The predicted molar refractivity (Wildman–Crippen MR) is 133 cm³/mol. The third-order valence-corrected chi connectivity index (χ3v) is 6.08. The number of carbonyl (C=O) groups is 1. The Morgan fingerprint density at radius 1 is 1.00 bits per heavy atom. The van der Waals surface area contributed by atoms with Gasteiger partial charge in [-0.2, -0.15) is 0 Å². The molecule has 0 atom stereocenters. The van der Waals surface area contributed by atoms with Gasteiger partial charge in [0.25, 0.3) is 0 Å². The van der Waals surface area contributed by atoms with E-state index in [1.807, 2.05) is 72.2 Å². The van der Waals surface area contributed by atoms with Crippen molar-refractivity contribution in [2.45, 2.75) is 25.2 Å². The third kappa shape index (κ3) is 6.17. The number of hydrogen-bond donors (Lipinski definition) is 1. The molecule has 8 heteroatoms. The molecule has 1 N–H and O–H groups in total. The standard InChI is InChI=1S/C26H26N4O3S/c1-19-9-6-7-14-23(19)33-17-24-28-29-26(30(24)16-20-10-4-3-5-11-20)34-18-25(31)27-21-12-8-13-22(15-21)32-2/h3-15H,16-18H2,1-2H3,(H,27,31). The molecule has 0 fully saturated rings. The smallest absolute Gasteiger partial charge is 0.234 e. The third-order valence-electron chi connectivity index (χ3n) is 5.11. The first-order valence-corrected chi connectivity index (χ1v) is 11.8. The van der Waals surface area contributed by atoms with Crippen LogP contribution in [-0.4, -0.2) is 33.5 Å². The second kappa shape index (κ2) is 11.4. The molecule has 34 heavy (non-hydrogen) atoms. The van der Waals surface area contributed by atoms with E-state index >= 15 is 0 Å². The van der Waals surface area contributed by atoms with E-state index < -0.39 is 0 Å². The van der Waals surface area contributed by atoms with Crippen LogP contribution in [0.4, 0.5) is 5.69 Å². The summed E-state index contributed by atoms with van der Waals surface area (Å²) >= 11 is 1.34. The zero-order chi connectivity index (χ0) is 23.8. The second-order valence-electron chi connectivity index (χ2n) is 7.59. The molecule has 1 amide bonds. The predicted octanol–water partition coefficient (Wildman–Crippen LogP) is 4.95. The van der Waals surface area contributed by atoms with Crippen LogP contribution >= 0.6 is 11.8 Å². The largest absolute Gasteiger partial charge is 0.497 e. The fourth-order valence-electron chi connectivity index (χ4n) is 3.35. The summed E-state index contributed by atoms with van der Waals surface area (Å²) in [4.78, 5) is 12.6. The molecule has 0 saturated heterocycles. The van der Waals surface area contributed by atoms with Crippen molar-refractivity contribution in [3.8, 4) is 11.5 Å². The van der Waals surface area contributed by atoms with Crippen molar-refractivity contribution in [2.75, 3.05) is 18.2 Å². The van der Waals surface area contributed by atoms with Crippen molar-refractivity contribution in [1.82, 2.24) is 14.8 Å². The maximum absolute atomic E-state index is 12.6. The molecule has 1 heterocycles. The Hall–Kier alpha value is -3.78. The molecule has 174 valence electrons. The summed E-state index contributed by atoms with van der Waals surface area (Å²) in [6, 6.07) is 25.2. The zero-order valence-electron chi connectivity index (χ0n) is 19.1.